The van der Waals surface area contributed by atoms with Gasteiger partial charge in [0.1, 0.15) is 18.8 Å². The molecule has 0 saturated carbocycles. The van der Waals surface area contributed by atoms with Gasteiger partial charge in [0.25, 0.3) is 0 Å². The predicted octanol–water partition coefficient (Wildman–Crippen LogP) is 3.77. The summed E-state index contributed by atoms with van der Waals surface area (Å²) in [4.78, 5) is 39.0. The zero-order valence-corrected chi connectivity index (χ0v) is 23.0. The zero-order chi connectivity index (χ0) is 28.8. The molecule has 1 fully saturated rings. The Morgan fingerprint density at radius 1 is 0.951 bits per heavy atom. The fourth-order valence-corrected chi connectivity index (χ4v) is 5.62. The SMILES string of the molecule is CN(Cc1ccccc1)CC(NC(=O)C1CCC(CNC(=O)OCC2c3ccccc3-c3ccccc32)O1)C(=O)O. The van der Waals surface area contributed by atoms with E-state index in [-0.39, 0.29) is 31.7 Å². The molecule has 3 aromatic rings. The van der Waals surface area contributed by atoms with Gasteiger partial charge in [0.15, 0.2) is 0 Å². The lowest BCUT2D eigenvalue weighted by atomic mass is 9.98. The standard InChI is InChI=1S/C32H35N3O6/c1-35(18-21-9-3-2-4-10-21)19-28(31(37)38)34-30(36)29-16-15-22(41-29)17-33-32(39)40-20-27-25-13-7-5-11-23(25)24-12-6-8-14-26(24)27/h2-14,22,27-29H,15-20H2,1H3,(H,33,39)(H,34,36)(H,37,38). The van der Waals surface area contributed by atoms with Crippen LogP contribution in [0.15, 0.2) is 78.9 Å². The summed E-state index contributed by atoms with van der Waals surface area (Å²) >= 11 is 0. The average molecular weight is 558 g/mol. The van der Waals surface area contributed by atoms with E-state index in [1.807, 2.05) is 66.5 Å². The van der Waals surface area contributed by atoms with E-state index in [1.165, 1.54) is 0 Å². The van der Waals surface area contributed by atoms with Gasteiger partial charge in [0.2, 0.25) is 5.91 Å². The number of likely N-dealkylation sites (N-methyl/N-ethyl adjacent to an activating group) is 1. The first-order chi connectivity index (χ1) is 19.9. The lowest BCUT2D eigenvalue weighted by Crippen LogP contribution is -2.50. The molecule has 1 saturated heterocycles. The van der Waals surface area contributed by atoms with Crippen molar-refractivity contribution in [3.63, 3.8) is 0 Å². The molecule has 0 bridgehead atoms. The Kier molecular flexibility index (Phi) is 8.96. The average Bonchev–Trinajstić information content (AvgIpc) is 3.58. The Labute approximate surface area is 239 Å². The third-order valence-electron chi connectivity index (χ3n) is 7.62. The first kappa shape index (κ1) is 28.3. The summed E-state index contributed by atoms with van der Waals surface area (Å²) in [6.45, 7) is 1.12. The molecule has 2 amide bonds. The van der Waals surface area contributed by atoms with Gasteiger partial charge in [-0.15, -0.1) is 0 Å². The van der Waals surface area contributed by atoms with Crippen LogP contribution in [0.1, 0.15) is 35.4 Å². The molecular formula is C32H35N3O6. The van der Waals surface area contributed by atoms with Crippen LogP contribution in [0, 0.1) is 0 Å². The van der Waals surface area contributed by atoms with Crippen LogP contribution in [0.25, 0.3) is 11.1 Å². The number of nitrogens with one attached hydrogen (secondary N) is 2. The number of hydrogen-bond acceptors (Lipinski definition) is 6. The molecule has 9 heteroatoms. The number of carbonyl (C=O) groups excluding carboxylic acids is 2. The van der Waals surface area contributed by atoms with Crippen molar-refractivity contribution in [2.24, 2.45) is 0 Å². The van der Waals surface area contributed by atoms with Crippen molar-refractivity contribution in [3.05, 3.63) is 95.6 Å². The highest BCUT2D eigenvalue weighted by atomic mass is 16.5. The number of carboxylic acids is 1. The van der Waals surface area contributed by atoms with Crippen LogP contribution in [0.4, 0.5) is 4.79 Å². The molecule has 3 atom stereocenters. The number of amides is 2. The van der Waals surface area contributed by atoms with Crippen molar-refractivity contribution in [2.75, 3.05) is 26.7 Å². The third kappa shape index (κ3) is 6.93. The van der Waals surface area contributed by atoms with E-state index in [2.05, 4.69) is 34.9 Å². The lowest BCUT2D eigenvalue weighted by molar-refractivity contribution is -0.144. The second kappa shape index (κ2) is 13.0. The van der Waals surface area contributed by atoms with E-state index in [0.29, 0.717) is 19.4 Å². The quantitative estimate of drug-likeness (QED) is 0.329. The molecule has 3 N–H and O–H groups in total. The molecule has 0 aromatic heterocycles. The second-order valence-corrected chi connectivity index (χ2v) is 10.6. The van der Waals surface area contributed by atoms with Gasteiger partial charge in [-0.05, 0) is 47.7 Å². The topological polar surface area (TPSA) is 117 Å². The highest BCUT2D eigenvalue weighted by molar-refractivity contribution is 5.86. The Hall–Kier alpha value is -4.21. The first-order valence-corrected chi connectivity index (χ1v) is 13.9. The number of benzene rings is 3. The highest BCUT2D eigenvalue weighted by Crippen LogP contribution is 2.44. The van der Waals surface area contributed by atoms with E-state index in [0.717, 1.165) is 27.8 Å². The van der Waals surface area contributed by atoms with Gasteiger partial charge in [-0.1, -0.05) is 78.9 Å². The number of carbonyl (C=O) groups is 3. The van der Waals surface area contributed by atoms with E-state index in [1.54, 1.807) is 0 Å². The minimum Gasteiger partial charge on any atom is -0.480 e. The number of nitrogens with zero attached hydrogens (tertiary/aromatic N) is 1. The van der Waals surface area contributed by atoms with E-state index < -0.39 is 30.1 Å². The number of ether oxygens (including phenoxy) is 2. The maximum absolute atomic E-state index is 12.8. The van der Waals surface area contributed by atoms with E-state index >= 15 is 0 Å². The van der Waals surface area contributed by atoms with Crippen molar-refractivity contribution >= 4 is 18.0 Å². The van der Waals surface area contributed by atoms with Gasteiger partial charge in [0.05, 0.1) is 6.10 Å². The normalized spacial score (nSPS) is 18.4. The molecule has 1 aliphatic carbocycles. The van der Waals surface area contributed by atoms with Crippen LogP contribution in [0.5, 0.6) is 0 Å². The van der Waals surface area contributed by atoms with Crippen LogP contribution in [-0.4, -0.2) is 73.0 Å². The summed E-state index contributed by atoms with van der Waals surface area (Å²) < 4.78 is 11.4. The number of fused-ring (bicyclic) bond motifs is 3. The van der Waals surface area contributed by atoms with Crippen molar-refractivity contribution in [3.8, 4) is 11.1 Å². The first-order valence-electron chi connectivity index (χ1n) is 13.9. The largest absolute Gasteiger partial charge is 0.480 e. The molecule has 214 valence electrons. The third-order valence-corrected chi connectivity index (χ3v) is 7.62. The van der Waals surface area contributed by atoms with Crippen LogP contribution in [0.2, 0.25) is 0 Å². The summed E-state index contributed by atoms with van der Waals surface area (Å²) in [7, 11) is 1.81. The van der Waals surface area contributed by atoms with Gasteiger partial charge < -0.3 is 25.2 Å². The van der Waals surface area contributed by atoms with Crippen molar-refractivity contribution in [2.45, 2.75) is 43.6 Å². The number of carboxylic acid groups (broad SMARTS) is 1. The summed E-state index contributed by atoms with van der Waals surface area (Å²) in [5.41, 5.74) is 5.65. The maximum atomic E-state index is 12.8. The second-order valence-electron chi connectivity index (χ2n) is 10.6. The predicted molar refractivity (Wildman–Crippen MR) is 153 cm³/mol. The number of aliphatic carboxylic acids is 1. The molecule has 3 aromatic carbocycles. The van der Waals surface area contributed by atoms with Crippen LogP contribution < -0.4 is 10.6 Å². The molecule has 41 heavy (non-hydrogen) atoms. The van der Waals surface area contributed by atoms with Crippen molar-refractivity contribution in [1.29, 1.82) is 0 Å². The smallest absolute Gasteiger partial charge is 0.407 e. The van der Waals surface area contributed by atoms with Gasteiger partial charge >= 0.3 is 12.1 Å². The summed E-state index contributed by atoms with van der Waals surface area (Å²) in [5.74, 6) is -1.60. The molecule has 0 radical (unpaired) electrons. The van der Waals surface area contributed by atoms with Crippen LogP contribution >= 0.6 is 0 Å². The Balaban J connectivity index is 1.06. The summed E-state index contributed by atoms with van der Waals surface area (Å²) in [6, 6.07) is 24.9. The molecule has 0 spiro atoms. The fourth-order valence-electron chi connectivity index (χ4n) is 5.62. The Morgan fingerprint density at radius 3 is 2.24 bits per heavy atom. The minimum absolute atomic E-state index is 0.0297. The van der Waals surface area contributed by atoms with Crippen molar-refractivity contribution in [1.82, 2.24) is 15.5 Å². The molecule has 1 heterocycles. The van der Waals surface area contributed by atoms with Gasteiger partial charge in [-0.3, -0.25) is 9.69 Å². The maximum Gasteiger partial charge on any atom is 0.407 e. The summed E-state index contributed by atoms with van der Waals surface area (Å²) in [5, 5.41) is 15.0. The monoisotopic (exact) mass is 557 g/mol. The molecule has 1 aliphatic heterocycles. The number of rotatable bonds is 11. The highest BCUT2D eigenvalue weighted by Gasteiger charge is 2.34. The molecule has 9 nitrogen and oxygen atoms in total. The summed E-state index contributed by atoms with van der Waals surface area (Å²) in [6.07, 6.45) is -0.681. The van der Waals surface area contributed by atoms with Crippen molar-refractivity contribution < 1.29 is 29.0 Å². The molecule has 3 unspecified atom stereocenters. The lowest BCUT2D eigenvalue weighted by Gasteiger charge is -2.23. The number of alkyl carbamates (subject to hydrolysis) is 1. The molecular weight excluding hydrogens is 522 g/mol. The van der Waals surface area contributed by atoms with Gasteiger partial charge in [-0.2, -0.15) is 0 Å². The minimum atomic E-state index is -1.11. The fraction of sp³-hybridized carbons (Fsp3) is 0.344. The Morgan fingerprint density at radius 2 is 1.59 bits per heavy atom. The number of hydrogen-bond donors (Lipinski definition) is 3. The molecule has 2 aliphatic rings. The van der Waals surface area contributed by atoms with Gasteiger partial charge in [-0.25, -0.2) is 9.59 Å². The van der Waals surface area contributed by atoms with Crippen LogP contribution in [-0.2, 0) is 25.6 Å². The van der Waals surface area contributed by atoms with E-state index in [9.17, 15) is 19.5 Å². The molecule has 5 rings (SSSR count). The van der Waals surface area contributed by atoms with Crippen LogP contribution in [0.3, 0.4) is 0 Å². The zero-order valence-electron chi connectivity index (χ0n) is 23.0. The van der Waals surface area contributed by atoms with E-state index in [4.69, 9.17) is 9.47 Å². The van der Waals surface area contributed by atoms with Gasteiger partial charge in [0, 0.05) is 25.6 Å². The Bertz CT molecular complexity index is 1340.